The first-order chi connectivity index (χ1) is 8.19. The third-order valence-electron chi connectivity index (χ3n) is 2.36. The van der Waals surface area contributed by atoms with Gasteiger partial charge < -0.3 is 15.4 Å². The molecule has 0 radical (unpaired) electrons. The summed E-state index contributed by atoms with van der Waals surface area (Å²) >= 11 is 0. The molecule has 1 saturated heterocycles. The van der Waals surface area contributed by atoms with Crippen LogP contribution in [0.4, 0.5) is 0 Å². The standard InChI is InChI=1S/C12H12N2O3/c1-17-9-4-2-8(3-5-9)6-10-12(16)13-7-11(15)14-10/h2-6H,7H2,1H3,(H,13,16)(H,14,15). The summed E-state index contributed by atoms with van der Waals surface area (Å²) in [6.07, 6.45) is 1.62. The summed E-state index contributed by atoms with van der Waals surface area (Å²) in [5.74, 6) is 0.245. The number of hydrogen-bond donors (Lipinski definition) is 2. The molecule has 1 heterocycles. The minimum atomic E-state index is -0.277. The van der Waals surface area contributed by atoms with Crippen molar-refractivity contribution in [1.82, 2.24) is 10.6 Å². The van der Waals surface area contributed by atoms with E-state index in [-0.39, 0.29) is 24.1 Å². The minimum absolute atomic E-state index is 0.0266. The number of piperazine rings is 1. The maximum Gasteiger partial charge on any atom is 0.268 e. The van der Waals surface area contributed by atoms with Crippen molar-refractivity contribution in [3.05, 3.63) is 35.5 Å². The van der Waals surface area contributed by atoms with Gasteiger partial charge in [-0.05, 0) is 23.8 Å². The molecule has 17 heavy (non-hydrogen) atoms. The summed E-state index contributed by atoms with van der Waals surface area (Å²) in [4.78, 5) is 22.6. The van der Waals surface area contributed by atoms with Crippen LogP contribution >= 0.6 is 0 Å². The smallest absolute Gasteiger partial charge is 0.268 e. The second-order valence-electron chi connectivity index (χ2n) is 3.56. The zero-order valence-corrected chi connectivity index (χ0v) is 9.32. The summed E-state index contributed by atoms with van der Waals surface area (Å²) in [5, 5.41) is 5.00. The van der Waals surface area contributed by atoms with Crippen molar-refractivity contribution in [3.8, 4) is 5.75 Å². The number of benzene rings is 1. The number of nitrogens with one attached hydrogen (secondary N) is 2. The Hall–Kier alpha value is -2.30. The van der Waals surface area contributed by atoms with Crippen molar-refractivity contribution in [3.63, 3.8) is 0 Å². The number of ether oxygens (including phenoxy) is 1. The predicted octanol–water partition coefficient (Wildman–Crippen LogP) is 0.282. The van der Waals surface area contributed by atoms with Gasteiger partial charge in [-0.15, -0.1) is 0 Å². The van der Waals surface area contributed by atoms with E-state index in [1.165, 1.54) is 0 Å². The molecule has 0 aromatic heterocycles. The molecule has 5 nitrogen and oxygen atoms in total. The summed E-state index contributed by atoms with van der Waals surface area (Å²) in [5.41, 5.74) is 1.07. The molecule has 1 aromatic rings. The summed E-state index contributed by atoms with van der Waals surface area (Å²) in [7, 11) is 1.59. The minimum Gasteiger partial charge on any atom is -0.497 e. The zero-order chi connectivity index (χ0) is 12.3. The zero-order valence-electron chi connectivity index (χ0n) is 9.32. The third-order valence-corrected chi connectivity index (χ3v) is 2.36. The predicted molar refractivity (Wildman–Crippen MR) is 62.1 cm³/mol. The van der Waals surface area contributed by atoms with Crippen molar-refractivity contribution in [2.24, 2.45) is 0 Å². The molecule has 88 valence electrons. The van der Waals surface area contributed by atoms with Crippen LogP contribution in [0.15, 0.2) is 30.0 Å². The van der Waals surface area contributed by atoms with E-state index in [1.807, 2.05) is 0 Å². The Bertz CT molecular complexity index is 477. The molecule has 1 fully saturated rings. The highest BCUT2D eigenvalue weighted by molar-refractivity contribution is 6.05. The monoisotopic (exact) mass is 232 g/mol. The molecule has 0 spiro atoms. The van der Waals surface area contributed by atoms with Crippen LogP contribution in [0, 0.1) is 0 Å². The maximum absolute atomic E-state index is 11.4. The van der Waals surface area contributed by atoms with Gasteiger partial charge in [0.05, 0.1) is 13.7 Å². The fourth-order valence-electron chi connectivity index (χ4n) is 1.48. The Kier molecular flexibility index (Phi) is 3.09. The summed E-state index contributed by atoms with van der Waals surface area (Å²) in [6.45, 7) is 0.0266. The Morgan fingerprint density at radius 2 is 1.94 bits per heavy atom. The molecular weight excluding hydrogens is 220 g/mol. The van der Waals surface area contributed by atoms with Crippen LogP contribution in [-0.4, -0.2) is 25.5 Å². The Labute approximate surface area is 98.5 Å². The average molecular weight is 232 g/mol. The lowest BCUT2D eigenvalue weighted by molar-refractivity contribution is -0.127. The van der Waals surface area contributed by atoms with E-state index >= 15 is 0 Å². The molecule has 2 N–H and O–H groups in total. The van der Waals surface area contributed by atoms with Crippen molar-refractivity contribution in [1.29, 1.82) is 0 Å². The molecule has 0 saturated carbocycles. The summed E-state index contributed by atoms with van der Waals surface area (Å²) in [6, 6.07) is 7.18. The highest BCUT2D eigenvalue weighted by atomic mass is 16.5. The first-order valence-corrected chi connectivity index (χ1v) is 5.13. The van der Waals surface area contributed by atoms with Gasteiger partial charge in [-0.3, -0.25) is 9.59 Å². The largest absolute Gasteiger partial charge is 0.497 e. The van der Waals surface area contributed by atoms with Crippen molar-refractivity contribution >= 4 is 17.9 Å². The fraction of sp³-hybridized carbons (Fsp3) is 0.167. The second-order valence-corrected chi connectivity index (χ2v) is 3.56. The van der Waals surface area contributed by atoms with Crippen LogP contribution in [0.2, 0.25) is 0 Å². The number of amides is 2. The third kappa shape index (κ3) is 2.63. The van der Waals surface area contributed by atoms with E-state index in [9.17, 15) is 9.59 Å². The van der Waals surface area contributed by atoms with E-state index < -0.39 is 0 Å². The van der Waals surface area contributed by atoms with Gasteiger partial charge in [0, 0.05) is 0 Å². The quantitative estimate of drug-likeness (QED) is 0.720. The van der Waals surface area contributed by atoms with Gasteiger partial charge in [-0.25, -0.2) is 0 Å². The molecule has 1 aliphatic heterocycles. The SMILES string of the molecule is COc1ccc(C=C2NC(=O)CNC2=O)cc1. The number of carbonyl (C=O) groups excluding carboxylic acids is 2. The van der Waals surface area contributed by atoms with E-state index in [0.717, 1.165) is 11.3 Å². The number of hydrogen-bond acceptors (Lipinski definition) is 3. The average Bonchev–Trinajstić information content (AvgIpc) is 2.35. The topological polar surface area (TPSA) is 67.4 Å². The van der Waals surface area contributed by atoms with Gasteiger partial charge in [0.25, 0.3) is 5.91 Å². The molecule has 5 heteroatoms. The van der Waals surface area contributed by atoms with Gasteiger partial charge >= 0.3 is 0 Å². The highest BCUT2D eigenvalue weighted by Crippen LogP contribution is 2.13. The Balaban J connectivity index is 2.21. The lowest BCUT2D eigenvalue weighted by Crippen LogP contribution is -2.46. The lowest BCUT2D eigenvalue weighted by atomic mass is 10.1. The molecule has 0 bridgehead atoms. The number of carbonyl (C=O) groups is 2. The number of rotatable bonds is 2. The Morgan fingerprint density at radius 1 is 1.24 bits per heavy atom. The van der Waals surface area contributed by atoms with E-state index in [1.54, 1.807) is 37.5 Å². The molecule has 0 unspecified atom stereocenters. The molecule has 0 aliphatic carbocycles. The Morgan fingerprint density at radius 3 is 2.59 bits per heavy atom. The van der Waals surface area contributed by atoms with E-state index in [0.29, 0.717) is 0 Å². The highest BCUT2D eigenvalue weighted by Gasteiger charge is 2.18. The van der Waals surface area contributed by atoms with Crippen molar-refractivity contribution in [2.75, 3.05) is 13.7 Å². The maximum atomic E-state index is 11.4. The first kappa shape index (κ1) is 11.2. The van der Waals surface area contributed by atoms with Gasteiger partial charge in [0.15, 0.2) is 0 Å². The number of methoxy groups -OCH3 is 1. The van der Waals surface area contributed by atoms with Gasteiger partial charge in [-0.2, -0.15) is 0 Å². The normalized spacial score (nSPS) is 17.6. The van der Waals surface area contributed by atoms with Crippen LogP contribution in [0.1, 0.15) is 5.56 Å². The molecule has 0 atom stereocenters. The van der Waals surface area contributed by atoms with E-state index in [4.69, 9.17) is 4.74 Å². The van der Waals surface area contributed by atoms with Crippen LogP contribution in [-0.2, 0) is 9.59 Å². The molecule has 2 amide bonds. The van der Waals surface area contributed by atoms with Crippen LogP contribution in [0.25, 0.3) is 6.08 Å². The van der Waals surface area contributed by atoms with Crippen LogP contribution < -0.4 is 15.4 Å². The van der Waals surface area contributed by atoms with Crippen molar-refractivity contribution in [2.45, 2.75) is 0 Å². The van der Waals surface area contributed by atoms with Gasteiger partial charge in [0.1, 0.15) is 11.4 Å². The summed E-state index contributed by atoms with van der Waals surface area (Å²) < 4.78 is 5.03. The fourth-order valence-corrected chi connectivity index (χ4v) is 1.48. The van der Waals surface area contributed by atoms with E-state index in [2.05, 4.69) is 10.6 Å². The molecule has 1 aromatic carbocycles. The molecule has 2 rings (SSSR count). The molecule has 1 aliphatic rings. The lowest BCUT2D eigenvalue weighted by Gasteiger charge is -2.15. The van der Waals surface area contributed by atoms with Crippen LogP contribution in [0.5, 0.6) is 5.75 Å². The molecular formula is C12H12N2O3. The van der Waals surface area contributed by atoms with Crippen molar-refractivity contribution < 1.29 is 14.3 Å². The van der Waals surface area contributed by atoms with Gasteiger partial charge in [-0.1, -0.05) is 12.1 Å². The second kappa shape index (κ2) is 4.69. The first-order valence-electron chi connectivity index (χ1n) is 5.13. The van der Waals surface area contributed by atoms with Crippen LogP contribution in [0.3, 0.4) is 0 Å². The van der Waals surface area contributed by atoms with Gasteiger partial charge in [0.2, 0.25) is 5.91 Å².